The van der Waals surface area contributed by atoms with Gasteiger partial charge in [0.1, 0.15) is 11.7 Å². The Hall–Kier alpha value is -0.910. The lowest BCUT2D eigenvalue weighted by molar-refractivity contribution is -0.215. The summed E-state index contributed by atoms with van der Waals surface area (Å²) >= 11 is 0. The van der Waals surface area contributed by atoms with Crippen LogP contribution in [0.3, 0.4) is 0 Å². The molecule has 0 bridgehead atoms. The molecule has 1 heterocycles. The number of aliphatic hydroxyl groups excluding tert-OH is 1. The molecule has 5 heteroatoms. The third kappa shape index (κ3) is 1.36. The molecule has 3 N–H and O–H groups in total. The number of carbonyl (C=O) groups is 1. The van der Waals surface area contributed by atoms with Gasteiger partial charge in [-0.2, -0.15) is 0 Å². The molecule has 20 heavy (non-hydrogen) atoms. The number of hydrogen-bond acceptors (Lipinski definition) is 5. The zero-order valence-electron chi connectivity index (χ0n) is 12.0. The minimum absolute atomic E-state index is 0.0949. The second kappa shape index (κ2) is 3.84. The van der Waals surface area contributed by atoms with Crippen molar-refractivity contribution in [3.8, 4) is 0 Å². The van der Waals surface area contributed by atoms with E-state index in [1.807, 2.05) is 6.92 Å². The maximum Gasteiger partial charge on any atom is 0.309 e. The molecule has 7 atom stereocenters. The Bertz CT molecular complexity index is 485. The van der Waals surface area contributed by atoms with Crippen LogP contribution in [0.4, 0.5) is 0 Å². The van der Waals surface area contributed by atoms with Crippen LogP contribution in [0.25, 0.3) is 0 Å². The van der Waals surface area contributed by atoms with Crippen LogP contribution in [0.2, 0.25) is 0 Å². The first-order valence-corrected chi connectivity index (χ1v) is 7.18. The second-order valence-corrected chi connectivity index (χ2v) is 6.98. The highest BCUT2D eigenvalue weighted by atomic mass is 16.6. The minimum atomic E-state index is -1.61. The number of hydrogen-bond donors (Lipinski definition) is 3. The summed E-state index contributed by atoms with van der Waals surface area (Å²) in [6.45, 7) is 5.09. The molecule has 0 spiro atoms. The van der Waals surface area contributed by atoms with Crippen LogP contribution in [-0.4, -0.2) is 44.7 Å². The monoisotopic (exact) mass is 282 g/mol. The quantitative estimate of drug-likeness (QED) is 0.441. The van der Waals surface area contributed by atoms with E-state index in [1.165, 1.54) is 12.2 Å². The number of rotatable bonds is 0. The number of aliphatic hydroxyl groups is 3. The van der Waals surface area contributed by atoms with Crippen LogP contribution < -0.4 is 0 Å². The van der Waals surface area contributed by atoms with Gasteiger partial charge >= 0.3 is 5.97 Å². The van der Waals surface area contributed by atoms with Crippen molar-refractivity contribution >= 4 is 5.97 Å². The molecule has 0 aromatic heterocycles. The predicted octanol–water partition coefficient (Wildman–Crippen LogP) is 0.377. The molecule has 2 aliphatic carbocycles. The Morgan fingerprint density at radius 3 is 2.65 bits per heavy atom. The summed E-state index contributed by atoms with van der Waals surface area (Å²) in [5.41, 5.74) is -4.10. The Balaban J connectivity index is 2.15. The normalized spacial score (nSPS) is 58.0. The Morgan fingerprint density at radius 2 is 2.00 bits per heavy atom. The molecule has 5 nitrogen and oxygen atoms in total. The van der Waals surface area contributed by atoms with Gasteiger partial charge in [-0.1, -0.05) is 19.1 Å². The summed E-state index contributed by atoms with van der Waals surface area (Å²) in [6, 6.07) is 0. The third-order valence-electron chi connectivity index (χ3n) is 5.98. The van der Waals surface area contributed by atoms with Crippen LogP contribution in [0.5, 0.6) is 0 Å². The van der Waals surface area contributed by atoms with E-state index < -0.39 is 28.8 Å². The van der Waals surface area contributed by atoms with E-state index in [9.17, 15) is 20.1 Å². The smallest absolute Gasteiger partial charge is 0.309 e. The lowest BCUT2D eigenvalue weighted by atomic mass is 9.62. The maximum atomic E-state index is 11.9. The van der Waals surface area contributed by atoms with Gasteiger partial charge < -0.3 is 20.1 Å². The SMILES string of the molecule is CC1C(=O)OC2C1CCC(C)(O)C1(O)C=CC(O)C21C. The van der Waals surface area contributed by atoms with E-state index in [-0.39, 0.29) is 17.8 Å². The van der Waals surface area contributed by atoms with Gasteiger partial charge in [0.25, 0.3) is 0 Å². The molecule has 0 aromatic carbocycles. The highest BCUT2D eigenvalue weighted by Crippen LogP contribution is 2.59. The summed E-state index contributed by atoms with van der Waals surface area (Å²) in [5.74, 6) is -0.658. The molecular weight excluding hydrogens is 260 g/mol. The van der Waals surface area contributed by atoms with Gasteiger partial charge in [0.15, 0.2) is 0 Å². The maximum absolute atomic E-state index is 11.9. The van der Waals surface area contributed by atoms with Gasteiger partial charge in [0, 0.05) is 5.92 Å². The molecule has 3 rings (SSSR count). The molecule has 0 amide bonds. The summed E-state index contributed by atoms with van der Waals surface area (Å²) in [5, 5.41) is 32.2. The van der Waals surface area contributed by atoms with Crippen LogP contribution >= 0.6 is 0 Å². The first-order chi connectivity index (χ1) is 9.15. The lowest BCUT2D eigenvalue weighted by Crippen LogP contribution is -2.64. The molecule has 112 valence electrons. The Morgan fingerprint density at radius 1 is 1.35 bits per heavy atom. The molecule has 0 aromatic rings. The van der Waals surface area contributed by atoms with E-state index in [1.54, 1.807) is 13.8 Å². The molecule has 0 radical (unpaired) electrons. The Labute approximate surface area is 118 Å². The van der Waals surface area contributed by atoms with Crippen molar-refractivity contribution in [3.05, 3.63) is 12.2 Å². The number of carbonyl (C=O) groups excluding carboxylic acids is 1. The summed E-state index contributed by atoms with van der Waals surface area (Å²) < 4.78 is 5.49. The predicted molar refractivity (Wildman–Crippen MR) is 70.6 cm³/mol. The van der Waals surface area contributed by atoms with Gasteiger partial charge in [0.2, 0.25) is 0 Å². The molecule has 7 unspecified atom stereocenters. The van der Waals surface area contributed by atoms with Crippen molar-refractivity contribution < 1.29 is 24.9 Å². The molecule has 3 aliphatic rings. The molecular formula is C15H22O5. The number of ether oxygens (including phenoxy) is 1. The first-order valence-electron chi connectivity index (χ1n) is 7.18. The molecule has 1 saturated heterocycles. The number of fused-ring (bicyclic) bond motifs is 3. The summed E-state index contributed by atoms with van der Waals surface area (Å²) in [6.07, 6.45) is 2.36. The molecule has 2 fully saturated rings. The van der Waals surface area contributed by atoms with Gasteiger partial charge in [0.05, 0.1) is 23.0 Å². The fraction of sp³-hybridized carbons (Fsp3) is 0.800. The second-order valence-electron chi connectivity index (χ2n) is 6.98. The van der Waals surface area contributed by atoms with Crippen LogP contribution in [0.1, 0.15) is 33.6 Å². The van der Waals surface area contributed by atoms with Gasteiger partial charge in [-0.15, -0.1) is 0 Å². The highest BCUT2D eigenvalue weighted by molar-refractivity contribution is 5.75. The summed E-state index contributed by atoms with van der Waals surface area (Å²) in [4.78, 5) is 11.9. The molecule has 1 saturated carbocycles. The van der Waals surface area contributed by atoms with Crippen LogP contribution in [-0.2, 0) is 9.53 Å². The minimum Gasteiger partial charge on any atom is -0.461 e. The van der Waals surface area contributed by atoms with E-state index in [0.29, 0.717) is 12.8 Å². The van der Waals surface area contributed by atoms with Gasteiger partial charge in [-0.25, -0.2) is 0 Å². The van der Waals surface area contributed by atoms with Crippen molar-refractivity contribution in [2.45, 2.75) is 57.0 Å². The van der Waals surface area contributed by atoms with Crippen LogP contribution in [0, 0.1) is 17.3 Å². The third-order valence-corrected chi connectivity index (χ3v) is 5.98. The zero-order chi connectivity index (χ0) is 14.9. The molecule has 1 aliphatic heterocycles. The average Bonchev–Trinajstić information content (AvgIpc) is 2.77. The zero-order valence-corrected chi connectivity index (χ0v) is 12.0. The van der Waals surface area contributed by atoms with E-state index in [0.717, 1.165) is 0 Å². The fourth-order valence-electron chi connectivity index (χ4n) is 4.34. The van der Waals surface area contributed by atoms with Crippen LogP contribution in [0.15, 0.2) is 12.2 Å². The van der Waals surface area contributed by atoms with Crippen molar-refractivity contribution in [1.82, 2.24) is 0 Å². The van der Waals surface area contributed by atoms with Crippen molar-refractivity contribution in [2.24, 2.45) is 17.3 Å². The fourth-order valence-corrected chi connectivity index (χ4v) is 4.34. The summed E-state index contributed by atoms with van der Waals surface area (Å²) in [7, 11) is 0. The lowest BCUT2D eigenvalue weighted by Gasteiger charge is -2.49. The number of esters is 1. The van der Waals surface area contributed by atoms with E-state index in [4.69, 9.17) is 4.74 Å². The van der Waals surface area contributed by atoms with E-state index >= 15 is 0 Å². The highest BCUT2D eigenvalue weighted by Gasteiger charge is 2.70. The first kappa shape index (κ1) is 14.0. The van der Waals surface area contributed by atoms with E-state index in [2.05, 4.69) is 0 Å². The van der Waals surface area contributed by atoms with Crippen molar-refractivity contribution in [2.75, 3.05) is 0 Å². The standard InChI is InChI=1S/C15H22O5/c1-8-9-4-6-13(2,18)15(19)7-5-10(16)14(15,3)11(9)20-12(8)17/h5,7-11,16,18-19H,4,6H2,1-3H3. The van der Waals surface area contributed by atoms with Gasteiger partial charge in [-0.05, 0) is 26.7 Å². The Kier molecular flexibility index (Phi) is 2.70. The van der Waals surface area contributed by atoms with Crippen molar-refractivity contribution in [3.63, 3.8) is 0 Å². The van der Waals surface area contributed by atoms with Gasteiger partial charge in [-0.3, -0.25) is 4.79 Å². The largest absolute Gasteiger partial charge is 0.461 e. The topological polar surface area (TPSA) is 87.0 Å². The van der Waals surface area contributed by atoms with Crippen molar-refractivity contribution in [1.29, 1.82) is 0 Å². The average molecular weight is 282 g/mol.